The van der Waals surface area contributed by atoms with E-state index >= 15 is 0 Å². The fourth-order valence-electron chi connectivity index (χ4n) is 1.35. The molecule has 7 nitrogen and oxygen atoms in total. The van der Waals surface area contributed by atoms with Gasteiger partial charge >= 0.3 is 0 Å². The van der Waals surface area contributed by atoms with Gasteiger partial charge in [-0.15, -0.1) is 0 Å². The van der Waals surface area contributed by atoms with Crippen molar-refractivity contribution in [2.75, 3.05) is 0 Å². The van der Waals surface area contributed by atoms with Crippen LogP contribution in [0.5, 0.6) is 0 Å². The third-order valence-electron chi connectivity index (χ3n) is 2.19. The van der Waals surface area contributed by atoms with E-state index in [4.69, 9.17) is 0 Å². The maximum absolute atomic E-state index is 11.6. The fourth-order valence-corrected chi connectivity index (χ4v) is 1.35. The second kappa shape index (κ2) is 6.39. The number of benzene rings is 1. The minimum atomic E-state index is -0.545. The van der Waals surface area contributed by atoms with Crippen molar-refractivity contribution >= 4 is 23.1 Å². The van der Waals surface area contributed by atoms with Crippen molar-refractivity contribution in [2.45, 2.75) is 20.3 Å². The second-order valence-electron chi connectivity index (χ2n) is 3.97. The van der Waals surface area contributed by atoms with E-state index in [9.17, 15) is 19.7 Å². The Balaban J connectivity index is 2.68. The van der Waals surface area contributed by atoms with Crippen LogP contribution in [0.2, 0.25) is 0 Å². The van der Waals surface area contributed by atoms with Crippen molar-refractivity contribution in [1.82, 2.24) is 5.43 Å². The van der Waals surface area contributed by atoms with E-state index in [1.807, 2.05) is 0 Å². The van der Waals surface area contributed by atoms with E-state index in [0.29, 0.717) is 5.71 Å². The summed E-state index contributed by atoms with van der Waals surface area (Å²) in [6.45, 7) is 3.05. The number of carbonyl (C=O) groups is 2. The van der Waals surface area contributed by atoms with Crippen LogP contribution in [0.3, 0.4) is 0 Å². The van der Waals surface area contributed by atoms with Crippen LogP contribution >= 0.6 is 0 Å². The summed E-state index contributed by atoms with van der Waals surface area (Å²) in [7, 11) is 0. The van der Waals surface area contributed by atoms with Gasteiger partial charge in [-0.1, -0.05) is 0 Å². The summed E-state index contributed by atoms with van der Waals surface area (Å²) in [5.74, 6) is -0.538. The second-order valence-corrected chi connectivity index (χ2v) is 3.97. The van der Waals surface area contributed by atoms with Crippen LogP contribution < -0.4 is 5.43 Å². The molecule has 0 heterocycles. The monoisotopic (exact) mass is 263 g/mol. The molecule has 19 heavy (non-hydrogen) atoms. The first-order valence-electron chi connectivity index (χ1n) is 5.47. The Kier molecular flexibility index (Phi) is 4.87. The molecule has 0 radical (unpaired) electrons. The molecule has 7 heteroatoms. The number of Topliss-reactive ketones (excluding diaryl/α,β-unsaturated/α-hetero) is 1. The van der Waals surface area contributed by atoms with Crippen molar-refractivity contribution < 1.29 is 14.5 Å². The standard InChI is InChI=1S/C12H13N3O4/c1-8(7-9(2)16)13-14-12(17)10-3-5-11(6-4-10)15(18)19/h3-6H,7H2,1-2H3,(H,14,17)/b13-8+. The number of carbonyl (C=O) groups excluding carboxylic acids is 2. The quantitative estimate of drug-likeness (QED) is 0.496. The molecule has 0 aliphatic rings. The van der Waals surface area contributed by atoms with Crippen LogP contribution in [0, 0.1) is 10.1 Å². The lowest BCUT2D eigenvalue weighted by Gasteiger charge is -2.01. The maximum atomic E-state index is 11.6. The molecule has 0 fully saturated rings. The number of non-ortho nitro benzene ring substituents is 1. The molecule has 1 aromatic carbocycles. The lowest BCUT2D eigenvalue weighted by molar-refractivity contribution is -0.384. The Morgan fingerprint density at radius 2 is 1.84 bits per heavy atom. The number of rotatable bonds is 5. The first-order valence-corrected chi connectivity index (χ1v) is 5.47. The number of hydrogen-bond acceptors (Lipinski definition) is 5. The molecule has 0 bridgehead atoms. The fraction of sp³-hybridized carbons (Fsp3) is 0.250. The van der Waals surface area contributed by atoms with E-state index in [1.54, 1.807) is 6.92 Å². The number of ketones is 1. The SMILES string of the molecule is CC(=O)C/C(C)=N/NC(=O)c1ccc([N+](=O)[O-])cc1. The Labute approximate surface area is 109 Å². The van der Waals surface area contributed by atoms with Crippen molar-refractivity contribution in [2.24, 2.45) is 5.10 Å². The van der Waals surface area contributed by atoms with Crippen molar-refractivity contribution in [3.8, 4) is 0 Å². The van der Waals surface area contributed by atoms with Gasteiger partial charge in [-0.25, -0.2) is 5.43 Å². The zero-order chi connectivity index (χ0) is 14.4. The predicted molar refractivity (Wildman–Crippen MR) is 69.0 cm³/mol. The van der Waals surface area contributed by atoms with Crippen LogP contribution in [0.4, 0.5) is 5.69 Å². The number of nitro benzene ring substituents is 1. The molecule has 1 rings (SSSR count). The normalized spacial score (nSPS) is 10.9. The van der Waals surface area contributed by atoms with Gasteiger partial charge in [0.1, 0.15) is 5.78 Å². The summed E-state index contributed by atoms with van der Waals surface area (Å²) in [5, 5.41) is 14.2. The van der Waals surface area contributed by atoms with E-state index in [-0.39, 0.29) is 23.5 Å². The molecule has 0 aliphatic heterocycles. The molecule has 0 aliphatic carbocycles. The molecular weight excluding hydrogens is 250 g/mol. The molecule has 0 unspecified atom stereocenters. The van der Waals surface area contributed by atoms with E-state index in [2.05, 4.69) is 10.5 Å². The van der Waals surface area contributed by atoms with Gasteiger partial charge in [0, 0.05) is 29.8 Å². The van der Waals surface area contributed by atoms with E-state index in [1.165, 1.54) is 31.2 Å². The van der Waals surface area contributed by atoms with E-state index < -0.39 is 10.8 Å². The molecule has 0 saturated carbocycles. The summed E-state index contributed by atoms with van der Waals surface area (Å²) in [4.78, 5) is 32.4. The number of hydrogen-bond donors (Lipinski definition) is 1. The van der Waals surface area contributed by atoms with E-state index in [0.717, 1.165) is 0 Å². The largest absolute Gasteiger partial charge is 0.300 e. The van der Waals surface area contributed by atoms with Gasteiger partial charge < -0.3 is 0 Å². The van der Waals surface area contributed by atoms with Gasteiger partial charge in [0.25, 0.3) is 11.6 Å². The summed E-state index contributed by atoms with van der Waals surface area (Å²) < 4.78 is 0. The average Bonchev–Trinajstić information content (AvgIpc) is 2.35. The number of amides is 1. The molecule has 0 spiro atoms. The lowest BCUT2D eigenvalue weighted by atomic mass is 10.2. The first-order chi connectivity index (χ1) is 8.90. The molecule has 1 amide bonds. The zero-order valence-corrected chi connectivity index (χ0v) is 10.5. The molecule has 0 saturated heterocycles. The molecule has 1 N–H and O–H groups in total. The van der Waals surface area contributed by atoms with Crippen LogP contribution in [-0.2, 0) is 4.79 Å². The average molecular weight is 263 g/mol. The summed E-state index contributed by atoms with van der Waals surface area (Å²) in [6, 6.07) is 5.15. The molecule has 0 atom stereocenters. The van der Waals surface area contributed by atoms with Gasteiger partial charge in [-0.05, 0) is 26.0 Å². The van der Waals surface area contributed by atoms with Crippen LogP contribution in [0.15, 0.2) is 29.4 Å². The molecule has 1 aromatic rings. The number of nitro groups is 1. The maximum Gasteiger partial charge on any atom is 0.271 e. The Morgan fingerprint density at radius 3 is 2.32 bits per heavy atom. The van der Waals surface area contributed by atoms with Gasteiger partial charge in [0.05, 0.1) is 4.92 Å². The van der Waals surface area contributed by atoms with Crippen LogP contribution in [0.1, 0.15) is 30.6 Å². The number of nitrogens with one attached hydrogen (secondary N) is 1. The molecule has 100 valence electrons. The molecule has 0 aromatic heterocycles. The smallest absolute Gasteiger partial charge is 0.271 e. The first kappa shape index (κ1) is 14.5. The zero-order valence-electron chi connectivity index (χ0n) is 10.5. The highest BCUT2D eigenvalue weighted by molar-refractivity contribution is 6.01. The third kappa shape index (κ3) is 4.66. The predicted octanol–water partition coefficient (Wildman–Crippen LogP) is 1.68. The van der Waals surface area contributed by atoms with Crippen molar-refractivity contribution in [3.63, 3.8) is 0 Å². The summed E-state index contributed by atoms with van der Waals surface area (Å²) in [6.07, 6.45) is 0.167. The summed E-state index contributed by atoms with van der Waals surface area (Å²) in [5.41, 5.74) is 2.93. The highest BCUT2D eigenvalue weighted by atomic mass is 16.6. The summed E-state index contributed by atoms with van der Waals surface area (Å²) >= 11 is 0. The van der Waals surface area contributed by atoms with Gasteiger partial charge in [-0.2, -0.15) is 5.10 Å². The van der Waals surface area contributed by atoms with Crippen molar-refractivity contribution in [1.29, 1.82) is 0 Å². The Bertz CT molecular complexity index is 534. The highest BCUT2D eigenvalue weighted by Crippen LogP contribution is 2.11. The number of hydrazone groups is 1. The number of nitrogens with zero attached hydrogens (tertiary/aromatic N) is 2. The third-order valence-corrected chi connectivity index (χ3v) is 2.19. The van der Waals surface area contributed by atoms with Gasteiger partial charge in [0.15, 0.2) is 0 Å². The Hall–Kier alpha value is -2.57. The van der Waals surface area contributed by atoms with Crippen LogP contribution in [-0.4, -0.2) is 22.3 Å². The molecular formula is C12H13N3O4. The minimum absolute atomic E-state index is 0.0502. The van der Waals surface area contributed by atoms with Gasteiger partial charge in [0.2, 0.25) is 0 Å². The minimum Gasteiger partial charge on any atom is -0.300 e. The Morgan fingerprint density at radius 1 is 1.26 bits per heavy atom. The van der Waals surface area contributed by atoms with Crippen LogP contribution in [0.25, 0.3) is 0 Å². The van der Waals surface area contributed by atoms with Crippen molar-refractivity contribution in [3.05, 3.63) is 39.9 Å². The highest BCUT2D eigenvalue weighted by Gasteiger charge is 2.08. The van der Waals surface area contributed by atoms with Gasteiger partial charge in [-0.3, -0.25) is 19.7 Å². The lowest BCUT2D eigenvalue weighted by Crippen LogP contribution is -2.19. The topological polar surface area (TPSA) is 102 Å².